The van der Waals surface area contributed by atoms with E-state index in [0.29, 0.717) is 0 Å². The topological polar surface area (TPSA) is 0 Å². The number of hydrogen-bond acceptors (Lipinski definition) is 1. The summed E-state index contributed by atoms with van der Waals surface area (Å²) in [4.78, 5) is 1.44. The second-order valence-corrected chi connectivity index (χ2v) is 3.02. The van der Waals surface area contributed by atoms with Crippen LogP contribution >= 0.6 is 11.3 Å². The van der Waals surface area contributed by atoms with Crippen molar-refractivity contribution in [3.05, 3.63) is 34.5 Å². The zero-order valence-corrected chi connectivity index (χ0v) is 6.37. The molecule has 1 heterocycles. The van der Waals surface area contributed by atoms with Gasteiger partial charge < -0.3 is 0 Å². The van der Waals surface area contributed by atoms with Crippen molar-refractivity contribution in [1.29, 1.82) is 0 Å². The van der Waals surface area contributed by atoms with Gasteiger partial charge in [-0.2, -0.15) is 0 Å². The van der Waals surface area contributed by atoms with Crippen molar-refractivity contribution in [2.24, 2.45) is 0 Å². The Hall–Kier alpha value is -0.560. The van der Waals surface area contributed by atoms with Crippen LogP contribution in [-0.2, 0) is 6.42 Å². The number of hydrogen-bond donors (Lipinski definition) is 0. The van der Waals surface area contributed by atoms with Gasteiger partial charge in [0.15, 0.2) is 0 Å². The first-order chi connectivity index (χ1) is 4.34. The summed E-state index contributed by atoms with van der Waals surface area (Å²) in [5.41, 5.74) is 1.39. The van der Waals surface area contributed by atoms with E-state index in [4.69, 9.17) is 0 Å². The number of allylic oxidation sites excluding steroid dienone is 1. The Balaban J connectivity index is 2.80. The minimum atomic E-state index is 1.02. The maximum atomic E-state index is 3.68. The molecule has 0 bridgehead atoms. The molecule has 0 atom stereocenters. The summed E-state index contributed by atoms with van der Waals surface area (Å²) in [6.45, 7) is 5.82. The number of thiophene rings is 1. The van der Waals surface area contributed by atoms with Crippen LogP contribution in [0.1, 0.15) is 10.4 Å². The van der Waals surface area contributed by atoms with E-state index in [0.717, 1.165) is 6.42 Å². The molecule has 0 saturated heterocycles. The molecule has 0 aromatic carbocycles. The highest BCUT2D eigenvalue weighted by Crippen LogP contribution is 2.15. The number of aryl methyl sites for hydroxylation is 1. The van der Waals surface area contributed by atoms with Gasteiger partial charge >= 0.3 is 0 Å². The summed E-state index contributed by atoms with van der Waals surface area (Å²) in [6, 6.07) is 2.14. The molecular formula is C8H10S. The molecule has 1 heteroatoms. The normalized spacial score (nSPS) is 9.44. The molecule has 0 aliphatic rings. The monoisotopic (exact) mass is 138 g/mol. The summed E-state index contributed by atoms with van der Waals surface area (Å²) >= 11 is 1.80. The predicted molar refractivity (Wildman–Crippen MR) is 43.0 cm³/mol. The molecule has 0 amide bonds. The van der Waals surface area contributed by atoms with Crippen LogP contribution < -0.4 is 0 Å². The van der Waals surface area contributed by atoms with Gasteiger partial charge in [0.1, 0.15) is 0 Å². The first-order valence-electron chi connectivity index (χ1n) is 2.98. The molecule has 0 spiro atoms. The third-order valence-electron chi connectivity index (χ3n) is 1.30. The summed E-state index contributed by atoms with van der Waals surface area (Å²) in [7, 11) is 0. The molecule has 0 unspecified atom stereocenters. The molecular weight excluding hydrogens is 128 g/mol. The molecule has 0 nitrogen and oxygen atoms in total. The molecule has 0 aliphatic carbocycles. The van der Waals surface area contributed by atoms with Crippen LogP contribution in [0.5, 0.6) is 0 Å². The van der Waals surface area contributed by atoms with Crippen LogP contribution in [0.25, 0.3) is 0 Å². The van der Waals surface area contributed by atoms with Crippen molar-refractivity contribution < 1.29 is 0 Å². The Bertz CT molecular complexity index is 198. The standard InChI is InChI=1S/C8H10S/c1-3-4-8-7(2)5-6-9-8/h3,5-6H,1,4H2,2H3. The molecule has 0 fully saturated rings. The Kier molecular flexibility index (Phi) is 2.06. The molecule has 1 rings (SSSR count). The van der Waals surface area contributed by atoms with Gasteiger partial charge in [-0.1, -0.05) is 6.08 Å². The Morgan fingerprint density at radius 2 is 2.56 bits per heavy atom. The third-order valence-corrected chi connectivity index (χ3v) is 2.34. The van der Waals surface area contributed by atoms with Gasteiger partial charge in [-0.3, -0.25) is 0 Å². The second kappa shape index (κ2) is 2.83. The zero-order chi connectivity index (χ0) is 6.69. The second-order valence-electron chi connectivity index (χ2n) is 2.02. The maximum Gasteiger partial charge on any atom is 0.0112 e. The largest absolute Gasteiger partial charge is 0.148 e. The van der Waals surface area contributed by atoms with Gasteiger partial charge in [0.05, 0.1) is 0 Å². The molecule has 1 aromatic heterocycles. The first kappa shape index (κ1) is 6.56. The van der Waals surface area contributed by atoms with Crippen molar-refractivity contribution in [3.8, 4) is 0 Å². The maximum absolute atomic E-state index is 3.68. The van der Waals surface area contributed by atoms with Crippen molar-refractivity contribution in [2.45, 2.75) is 13.3 Å². The Labute approximate surface area is 59.8 Å². The lowest BCUT2D eigenvalue weighted by molar-refractivity contribution is 1.29. The van der Waals surface area contributed by atoms with Gasteiger partial charge in [0.2, 0.25) is 0 Å². The first-order valence-corrected chi connectivity index (χ1v) is 3.86. The smallest absolute Gasteiger partial charge is 0.0112 e. The van der Waals surface area contributed by atoms with E-state index < -0.39 is 0 Å². The average Bonchev–Trinajstić information content (AvgIpc) is 2.18. The van der Waals surface area contributed by atoms with Gasteiger partial charge in [0, 0.05) is 4.88 Å². The SMILES string of the molecule is C=CCc1sccc1C. The quantitative estimate of drug-likeness (QED) is 0.551. The van der Waals surface area contributed by atoms with Crippen LogP contribution in [0.3, 0.4) is 0 Å². The highest BCUT2D eigenvalue weighted by atomic mass is 32.1. The van der Waals surface area contributed by atoms with Crippen LogP contribution in [-0.4, -0.2) is 0 Å². The molecule has 0 aliphatic heterocycles. The predicted octanol–water partition coefficient (Wildman–Crippen LogP) is 2.79. The average molecular weight is 138 g/mol. The summed E-state index contributed by atoms with van der Waals surface area (Å²) in [6.07, 6.45) is 2.96. The molecule has 1 aromatic rings. The van der Waals surface area contributed by atoms with E-state index in [1.54, 1.807) is 11.3 Å². The highest BCUT2D eigenvalue weighted by molar-refractivity contribution is 7.10. The van der Waals surface area contributed by atoms with Gasteiger partial charge in [-0.05, 0) is 30.4 Å². The third kappa shape index (κ3) is 1.42. The number of rotatable bonds is 2. The molecule has 0 saturated carbocycles. The van der Waals surface area contributed by atoms with E-state index in [-0.39, 0.29) is 0 Å². The lowest BCUT2D eigenvalue weighted by Crippen LogP contribution is -1.74. The van der Waals surface area contributed by atoms with Crippen LogP contribution in [0.2, 0.25) is 0 Å². The summed E-state index contributed by atoms with van der Waals surface area (Å²) < 4.78 is 0. The van der Waals surface area contributed by atoms with Gasteiger partial charge in [-0.25, -0.2) is 0 Å². The van der Waals surface area contributed by atoms with Crippen LogP contribution in [0, 0.1) is 6.92 Å². The fraction of sp³-hybridized carbons (Fsp3) is 0.250. The van der Waals surface area contributed by atoms with Crippen molar-refractivity contribution in [1.82, 2.24) is 0 Å². The van der Waals surface area contributed by atoms with E-state index in [1.165, 1.54) is 10.4 Å². The molecule has 0 radical (unpaired) electrons. The van der Waals surface area contributed by atoms with E-state index in [9.17, 15) is 0 Å². The molecule has 0 N–H and O–H groups in total. The Morgan fingerprint density at radius 3 is 3.00 bits per heavy atom. The van der Waals surface area contributed by atoms with Crippen LogP contribution in [0.15, 0.2) is 24.1 Å². The zero-order valence-electron chi connectivity index (χ0n) is 5.55. The fourth-order valence-electron chi connectivity index (χ4n) is 0.744. The van der Waals surface area contributed by atoms with Crippen molar-refractivity contribution >= 4 is 11.3 Å². The van der Waals surface area contributed by atoms with Crippen molar-refractivity contribution in [2.75, 3.05) is 0 Å². The highest BCUT2D eigenvalue weighted by Gasteiger charge is 1.93. The van der Waals surface area contributed by atoms with E-state index in [2.05, 4.69) is 24.9 Å². The van der Waals surface area contributed by atoms with E-state index >= 15 is 0 Å². The lowest BCUT2D eigenvalue weighted by Gasteiger charge is -1.89. The van der Waals surface area contributed by atoms with Gasteiger partial charge in [0.25, 0.3) is 0 Å². The molecule has 48 valence electrons. The Morgan fingerprint density at radius 1 is 1.78 bits per heavy atom. The van der Waals surface area contributed by atoms with E-state index in [1.807, 2.05) is 6.08 Å². The minimum Gasteiger partial charge on any atom is -0.148 e. The minimum absolute atomic E-state index is 1.02. The molecule has 9 heavy (non-hydrogen) atoms. The fourth-order valence-corrected chi connectivity index (χ4v) is 1.65. The van der Waals surface area contributed by atoms with Crippen LogP contribution in [0.4, 0.5) is 0 Å². The summed E-state index contributed by atoms with van der Waals surface area (Å²) in [5, 5.41) is 2.12. The lowest BCUT2D eigenvalue weighted by atomic mass is 10.2. The van der Waals surface area contributed by atoms with Crippen molar-refractivity contribution in [3.63, 3.8) is 0 Å². The summed E-state index contributed by atoms with van der Waals surface area (Å²) in [5.74, 6) is 0. The van der Waals surface area contributed by atoms with Gasteiger partial charge in [-0.15, -0.1) is 17.9 Å².